The van der Waals surface area contributed by atoms with Crippen molar-refractivity contribution in [2.75, 3.05) is 25.0 Å². The summed E-state index contributed by atoms with van der Waals surface area (Å²) in [5.41, 5.74) is 2.67. The lowest BCUT2D eigenvalue weighted by atomic mass is 9.98. The maximum absolute atomic E-state index is 12.6. The average Bonchev–Trinajstić information content (AvgIpc) is 3.23. The second-order valence-corrected chi connectivity index (χ2v) is 7.63. The zero-order chi connectivity index (χ0) is 19.6. The van der Waals surface area contributed by atoms with E-state index in [9.17, 15) is 4.79 Å². The van der Waals surface area contributed by atoms with Gasteiger partial charge in [-0.3, -0.25) is 14.4 Å². The molecule has 0 unspecified atom stereocenters. The molecule has 1 fully saturated rings. The van der Waals surface area contributed by atoms with Gasteiger partial charge in [0, 0.05) is 19.0 Å². The number of nitrogens with zero attached hydrogens (tertiary/aromatic N) is 5. The number of aromatic nitrogens is 4. The second kappa shape index (κ2) is 8.21. The molecule has 8 heteroatoms. The van der Waals surface area contributed by atoms with Gasteiger partial charge in [-0.05, 0) is 40.2 Å². The Morgan fingerprint density at radius 1 is 1.37 bits per heavy atom. The molecule has 1 aliphatic rings. The van der Waals surface area contributed by atoms with Crippen molar-refractivity contribution in [3.63, 3.8) is 0 Å². The van der Waals surface area contributed by atoms with Crippen LogP contribution >= 0.6 is 0 Å². The van der Waals surface area contributed by atoms with E-state index in [1.807, 2.05) is 25.5 Å². The molecule has 1 N–H and O–H groups in total. The van der Waals surface area contributed by atoms with E-state index in [1.165, 1.54) is 0 Å². The van der Waals surface area contributed by atoms with E-state index < -0.39 is 0 Å². The molecule has 148 valence electrons. The molecule has 8 nitrogen and oxygen atoms in total. The number of piperidine rings is 1. The van der Waals surface area contributed by atoms with Crippen LogP contribution in [0.4, 0.5) is 5.69 Å². The molecule has 0 bridgehead atoms. The topological polar surface area (TPSA) is 89.1 Å². The van der Waals surface area contributed by atoms with Crippen molar-refractivity contribution < 1.29 is 9.32 Å². The fourth-order valence-electron chi connectivity index (χ4n) is 3.62. The van der Waals surface area contributed by atoms with Gasteiger partial charge in [0.15, 0.2) is 5.82 Å². The molecule has 2 aromatic heterocycles. The van der Waals surface area contributed by atoms with E-state index >= 15 is 0 Å². The van der Waals surface area contributed by atoms with Gasteiger partial charge in [-0.15, -0.1) is 0 Å². The van der Waals surface area contributed by atoms with Crippen LogP contribution in [0.3, 0.4) is 0 Å². The van der Waals surface area contributed by atoms with E-state index in [2.05, 4.69) is 39.3 Å². The minimum atomic E-state index is -0.00842. The molecule has 2 aromatic rings. The Labute approximate surface area is 160 Å². The Morgan fingerprint density at radius 3 is 2.78 bits per heavy atom. The standard InChI is InChI=1S/C19H30N6O2/c1-6-25-14(5)17(13(4)22-25)20-16(26)11-24-9-7-8-15(10-24)19-21-18(12(2)3)23-27-19/h12,15H,6-11H2,1-5H3,(H,20,26)/t15-/m1/s1. The van der Waals surface area contributed by atoms with E-state index in [1.54, 1.807) is 0 Å². The fourth-order valence-corrected chi connectivity index (χ4v) is 3.62. The van der Waals surface area contributed by atoms with Crippen LogP contribution in [0.2, 0.25) is 0 Å². The first-order chi connectivity index (χ1) is 12.9. The molecule has 3 rings (SSSR count). The van der Waals surface area contributed by atoms with Gasteiger partial charge < -0.3 is 9.84 Å². The number of nitrogens with one attached hydrogen (secondary N) is 1. The van der Waals surface area contributed by atoms with E-state index in [4.69, 9.17) is 4.52 Å². The number of carbonyl (C=O) groups excluding carboxylic acids is 1. The van der Waals surface area contributed by atoms with Crippen LogP contribution in [0, 0.1) is 13.8 Å². The third-order valence-electron chi connectivity index (χ3n) is 5.14. The number of carbonyl (C=O) groups is 1. The third-order valence-corrected chi connectivity index (χ3v) is 5.14. The van der Waals surface area contributed by atoms with Gasteiger partial charge in [0.2, 0.25) is 11.8 Å². The molecule has 0 aliphatic carbocycles. The van der Waals surface area contributed by atoms with E-state index in [-0.39, 0.29) is 17.7 Å². The molecule has 1 saturated heterocycles. The van der Waals surface area contributed by atoms with Crippen LogP contribution in [0.25, 0.3) is 0 Å². The molecular formula is C19H30N6O2. The summed E-state index contributed by atoms with van der Waals surface area (Å²) in [6.45, 7) is 12.9. The van der Waals surface area contributed by atoms with Crippen molar-refractivity contribution in [3.8, 4) is 0 Å². The number of amides is 1. The lowest BCUT2D eigenvalue weighted by Crippen LogP contribution is -2.40. The number of aryl methyl sites for hydroxylation is 2. The molecule has 1 amide bonds. The lowest BCUT2D eigenvalue weighted by Gasteiger charge is -2.30. The predicted octanol–water partition coefficient (Wildman–Crippen LogP) is 2.84. The highest BCUT2D eigenvalue weighted by Gasteiger charge is 2.27. The highest BCUT2D eigenvalue weighted by molar-refractivity contribution is 5.93. The van der Waals surface area contributed by atoms with Gasteiger partial charge in [-0.25, -0.2) is 0 Å². The summed E-state index contributed by atoms with van der Waals surface area (Å²) in [6.07, 6.45) is 2.03. The summed E-state index contributed by atoms with van der Waals surface area (Å²) < 4.78 is 7.37. The number of anilines is 1. The first-order valence-electron chi connectivity index (χ1n) is 9.78. The highest BCUT2D eigenvalue weighted by atomic mass is 16.5. The summed E-state index contributed by atoms with van der Waals surface area (Å²) in [5, 5.41) is 11.6. The van der Waals surface area contributed by atoms with Crippen molar-refractivity contribution in [1.82, 2.24) is 24.8 Å². The predicted molar refractivity (Wildman–Crippen MR) is 103 cm³/mol. The average molecular weight is 374 g/mol. The summed E-state index contributed by atoms with van der Waals surface area (Å²) in [7, 11) is 0. The molecule has 3 heterocycles. The normalized spacial score (nSPS) is 18.2. The molecule has 1 atom stereocenters. The summed E-state index contributed by atoms with van der Waals surface area (Å²) in [6, 6.07) is 0. The molecule has 0 saturated carbocycles. The quantitative estimate of drug-likeness (QED) is 0.836. The maximum atomic E-state index is 12.6. The minimum Gasteiger partial charge on any atom is -0.339 e. The molecule has 0 spiro atoms. The third kappa shape index (κ3) is 4.37. The van der Waals surface area contributed by atoms with Crippen molar-refractivity contribution in [3.05, 3.63) is 23.1 Å². The van der Waals surface area contributed by atoms with Crippen LogP contribution in [-0.2, 0) is 11.3 Å². The molecule has 0 radical (unpaired) electrons. The maximum Gasteiger partial charge on any atom is 0.238 e. The number of hydrogen-bond acceptors (Lipinski definition) is 6. The lowest BCUT2D eigenvalue weighted by molar-refractivity contribution is -0.117. The van der Waals surface area contributed by atoms with Crippen molar-refractivity contribution >= 4 is 11.6 Å². The summed E-state index contributed by atoms with van der Waals surface area (Å²) >= 11 is 0. The Kier molecular flexibility index (Phi) is 5.94. The SMILES string of the molecule is CCn1nc(C)c(NC(=O)CN2CCC[C@@H](c3nc(C(C)C)no3)C2)c1C. The van der Waals surface area contributed by atoms with Gasteiger partial charge in [-0.1, -0.05) is 19.0 Å². The van der Waals surface area contributed by atoms with Gasteiger partial charge in [-0.2, -0.15) is 10.1 Å². The van der Waals surface area contributed by atoms with Crippen molar-refractivity contribution in [1.29, 1.82) is 0 Å². The Morgan fingerprint density at radius 2 is 2.15 bits per heavy atom. The van der Waals surface area contributed by atoms with Crippen LogP contribution < -0.4 is 5.32 Å². The van der Waals surface area contributed by atoms with Crippen LogP contribution in [0.1, 0.15) is 68.6 Å². The minimum absolute atomic E-state index is 0.00842. The Bertz CT molecular complexity index is 794. The number of hydrogen-bond donors (Lipinski definition) is 1. The fraction of sp³-hybridized carbons (Fsp3) is 0.684. The van der Waals surface area contributed by atoms with Gasteiger partial charge in [0.05, 0.1) is 29.5 Å². The Hall–Kier alpha value is -2.22. The molecule has 1 aliphatic heterocycles. The number of likely N-dealkylation sites (tertiary alicyclic amines) is 1. The van der Waals surface area contributed by atoms with Crippen molar-refractivity contribution in [2.45, 2.75) is 65.8 Å². The largest absolute Gasteiger partial charge is 0.339 e. The van der Waals surface area contributed by atoms with E-state index in [0.717, 1.165) is 55.4 Å². The number of rotatable bonds is 6. The molecular weight excluding hydrogens is 344 g/mol. The summed E-state index contributed by atoms with van der Waals surface area (Å²) in [4.78, 5) is 19.3. The van der Waals surface area contributed by atoms with Gasteiger partial charge >= 0.3 is 0 Å². The van der Waals surface area contributed by atoms with Gasteiger partial charge in [0.25, 0.3) is 0 Å². The summed E-state index contributed by atoms with van der Waals surface area (Å²) in [5.74, 6) is 1.88. The smallest absolute Gasteiger partial charge is 0.238 e. The van der Waals surface area contributed by atoms with Crippen LogP contribution in [0.15, 0.2) is 4.52 Å². The Balaban J connectivity index is 1.60. The zero-order valence-electron chi connectivity index (χ0n) is 16.9. The van der Waals surface area contributed by atoms with Gasteiger partial charge in [0.1, 0.15) is 0 Å². The van der Waals surface area contributed by atoms with E-state index in [0.29, 0.717) is 12.4 Å². The highest BCUT2D eigenvalue weighted by Crippen LogP contribution is 2.27. The zero-order valence-corrected chi connectivity index (χ0v) is 16.9. The van der Waals surface area contributed by atoms with Crippen LogP contribution in [0.5, 0.6) is 0 Å². The molecule has 0 aromatic carbocycles. The van der Waals surface area contributed by atoms with Crippen LogP contribution in [-0.4, -0.2) is 50.4 Å². The second-order valence-electron chi connectivity index (χ2n) is 7.63. The molecule has 27 heavy (non-hydrogen) atoms. The monoisotopic (exact) mass is 374 g/mol. The first kappa shape index (κ1) is 19.5. The first-order valence-corrected chi connectivity index (χ1v) is 9.78. The van der Waals surface area contributed by atoms with Crippen molar-refractivity contribution in [2.24, 2.45) is 0 Å².